The molecule has 0 fully saturated rings. The minimum absolute atomic E-state index is 0.400. The zero-order valence-corrected chi connectivity index (χ0v) is 12.1. The average molecular weight is 287 g/mol. The molecule has 3 heteroatoms. The van der Waals surface area contributed by atoms with Gasteiger partial charge in [0.2, 0.25) is 0 Å². The highest BCUT2D eigenvalue weighted by atomic mass is 35.5. The van der Waals surface area contributed by atoms with Crippen LogP contribution in [0.15, 0.2) is 48.5 Å². The standard InChI is InChI=1S/C17H15ClO2/c1-12-3-9-16(11-13(12)2)20-17(19)10-6-14-4-7-15(18)8-5-14/h3-11H,1-2H3/b10-6+. The van der Waals surface area contributed by atoms with Crippen molar-refractivity contribution >= 4 is 23.6 Å². The van der Waals surface area contributed by atoms with Crippen LogP contribution in [0, 0.1) is 13.8 Å². The third kappa shape index (κ3) is 3.97. The molecule has 0 aromatic heterocycles. The second-order valence-corrected chi connectivity index (χ2v) is 4.99. The van der Waals surface area contributed by atoms with Crippen LogP contribution in [0.2, 0.25) is 5.02 Å². The molecule has 0 aliphatic rings. The van der Waals surface area contributed by atoms with E-state index in [9.17, 15) is 4.79 Å². The van der Waals surface area contributed by atoms with Gasteiger partial charge in [0.15, 0.2) is 0 Å². The van der Waals surface area contributed by atoms with Gasteiger partial charge in [-0.05, 0) is 60.9 Å². The van der Waals surface area contributed by atoms with Gasteiger partial charge >= 0.3 is 5.97 Å². The lowest BCUT2D eigenvalue weighted by atomic mass is 10.1. The van der Waals surface area contributed by atoms with Gasteiger partial charge in [-0.25, -0.2) is 4.79 Å². The van der Waals surface area contributed by atoms with Crippen molar-refractivity contribution in [3.8, 4) is 5.75 Å². The summed E-state index contributed by atoms with van der Waals surface area (Å²) in [6, 6.07) is 12.8. The maximum absolute atomic E-state index is 11.7. The minimum atomic E-state index is -0.400. The molecule has 0 unspecified atom stereocenters. The predicted octanol–water partition coefficient (Wildman–Crippen LogP) is 4.58. The van der Waals surface area contributed by atoms with E-state index in [1.54, 1.807) is 24.3 Å². The smallest absolute Gasteiger partial charge is 0.336 e. The molecule has 0 atom stereocenters. The summed E-state index contributed by atoms with van der Waals surface area (Å²) in [6.07, 6.45) is 3.10. The Kier molecular flexibility index (Phi) is 4.59. The maximum Gasteiger partial charge on any atom is 0.336 e. The van der Waals surface area contributed by atoms with Gasteiger partial charge in [0.25, 0.3) is 0 Å². The van der Waals surface area contributed by atoms with Gasteiger partial charge in [-0.3, -0.25) is 0 Å². The Hall–Kier alpha value is -2.06. The van der Waals surface area contributed by atoms with Gasteiger partial charge in [-0.1, -0.05) is 29.8 Å². The first-order valence-corrected chi connectivity index (χ1v) is 6.65. The molecule has 102 valence electrons. The van der Waals surface area contributed by atoms with Crippen molar-refractivity contribution in [2.24, 2.45) is 0 Å². The van der Waals surface area contributed by atoms with E-state index in [4.69, 9.17) is 16.3 Å². The summed E-state index contributed by atoms with van der Waals surface area (Å²) < 4.78 is 5.24. The first-order chi connectivity index (χ1) is 9.54. The van der Waals surface area contributed by atoms with Crippen molar-refractivity contribution in [2.45, 2.75) is 13.8 Å². The number of carbonyl (C=O) groups excluding carboxylic acids is 1. The molecule has 0 heterocycles. The van der Waals surface area contributed by atoms with Crippen LogP contribution in [0.3, 0.4) is 0 Å². The largest absolute Gasteiger partial charge is 0.423 e. The van der Waals surface area contributed by atoms with Crippen molar-refractivity contribution in [3.63, 3.8) is 0 Å². The fourth-order valence-corrected chi connectivity index (χ4v) is 1.79. The number of hydrogen-bond acceptors (Lipinski definition) is 2. The summed E-state index contributed by atoms with van der Waals surface area (Å²) in [7, 11) is 0. The fourth-order valence-electron chi connectivity index (χ4n) is 1.67. The molecular formula is C17H15ClO2. The molecule has 20 heavy (non-hydrogen) atoms. The van der Waals surface area contributed by atoms with Gasteiger partial charge in [-0.2, -0.15) is 0 Å². The van der Waals surface area contributed by atoms with Crippen LogP contribution in [0.4, 0.5) is 0 Å². The Morgan fingerprint density at radius 1 is 1.05 bits per heavy atom. The van der Waals surface area contributed by atoms with E-state index < -0.39 is 5.97 Å². The van der Waals surface area contributed by atoms with E-state index in [1.165, 1.54) is 11.6 Å². The lowest BCUT2D eigenvalue weighted by molar-refractivity contribution is -0.128. The number of esters is 1. The lowest BCUT2D eigenvalue weighted by Crippen LogP contribution is -2.03. The Labute approximate surface area is 123 Å². The van der Waals surface area contributed by atoms with Gasteiger partial charge in [0.05, 0.1) is 0 Å². The molecule has 0 saturated carbocycles. The lowest BCUT2D eigenvalue weighted by Gasteiger charge is -2.04. The highest BCUT2D eigenvalue weighted by molar-refractivity contribution is 6.30. The monoisotopic (exact) mass is 286 g/mol. The van der Waals surface area contributed by atoms with Crippen LogP contribution in [0.5, 0.6) is 5.75 Å². The van der Waals surface area contributed by atoms with Crippen LogP contribution >= 0.6 is 11.6 Å². The third-order valence-electron chi connectivity index (χ3n) is 2.98. The topological polar surface area (TPSA) is 26.3 Å². The van der Waals surface area contributed by atoms with Crippen molar-refractivity contribution in [3.05, 3.63) is 70.3 Å². The van der Waals surface area contributed by atoms with E-state index in [0.29, 0.717) is 10.8 Å². The number of hydrogen-bond donors (Lipinski definition) is 0. The van der Waals surface area contributed by atoms with Crippen LogP contribution in [0.25, 0.3) is 6.08 Å². The van der Waals surface area contributed by atoms with Gasteiger partial charge in [0.1, 0.15) is 5.75 Å². The number of halogens is 1. The fraction of sp³-hybridized carbons (Fsp3) is 0.118. The van der Waals surface area contributed by atoms with Crippen LogP contribution in [-0.4, -0.2) is 5.97 Å². The molecule has 2 rings (SSSR count). The normalized spacial score (nSPS) is 10.8. The second kappa shape index (κ2) is 6.40. The number of rotatable bonds is 3. The first kappa shape index (κ1) is 14.4. The van der Waals surface area contributed by atoms with Gasteiger partial charge < -0.3 is 4.74 Å². The Balaban J connectivity index is 2.01. The molecule has 0 bridgehead atoms. The number of benzene rings is 2. The van der Waals surface area contributed by atoms with E-state index >= 15 is 0 Å². The van der Waals surface area contributed by atoms with E-state index in [2.05, 4.69) is 0 Å². The number of aryl methyl sites for hydroxylation is 2. The number of ether oxygens (including phenoxy) is 1. The molecule has 0 spiro atoms. The SMILES string of the molecule is Cc1ccc(OC(=O)/C=C/c2ccc(Cl)cc2)cc1C. The van der Waals surface area contributed by atoms with Crippen molar-refractivity contribution in [1.29, 1.82) is 0 Å². The van der Waals surface area contributed by atoms with Crippen molar-refractivity contribution in [2.75, 3.05) is 0 Å². The van der Waals surface area contributed by atoms with Crippen LogP contribution in [0.1, 0.15) is 16.7 Å². The van der Waals surface area contributed by atoms with Gasteiger partial charge in [0, 0.05) is 11.1 Å². The summed E-state index contributed by atoms with van der Waals surface area (Å²) in [4.78, 5) is 11.7. The first-order valence-electron chi connectivity index (χ1n) is 6.27. The van der Waals surface area contributed by atoms with Crippen LogP contribution in [-0.2, 0) is 4.79 Å². The maximum atomic E-state index is 11.7. The molecule has 0 radical (unpaired) electrons. The molecule has 0 aliphatic heterocycles. The molecule has 0 N–H and O–H groups in total. The van der Waals surface area contributed by atoms with E-state index in [0.717, 1.165) is 11.1 Å². The number of carbonyl (C=O) groups is 1. The zero-order valence-electron chi connectivity index (χ0n) is 11.4. The average Bonchev–Trinajstić information content (AvgIpc) is 2.42. The summed E-state index contributed by atoms with van der Waals surface area (Å²) in [6.45, 7) is 4.00. The zero-order chi connectivity index (χ0) is 14.5. The van der Waals surface area contributed by atoms with Crippen molar-refractivity contribution < 1.29 is 9.53 Å². The summed E-state index contributed by atoms with van der Waals surface area (Å²) in [5, 5.41) is 0.667. The Morgan fingerprint density at radius 2 is 1.75 bits per heavy atom. The summed E-state index contributed by atoms with van der Waals surface area (Å²) in [5.41, 5.74) is 3.16. The van der Waals surface area contributed by atoms with Crippen molar-refractivity contribution in [1.82, 2.24) is 0 Å². The molecule has 0 saturated heterocycles. The molecule has 2 nitrogen and oxygen atoms in total. The highest BCUT2D eigenvalue weighted by Crippen LogP contribution is 2.17. The van der Waals surface area contributed by atoms with E-state index in [-0.39, 0.29) is 0 Å². The van der Waals surface area contributed by atoms with Gasteiger partial charge in [-0.15, -0.1) is 0 Å². The minimum Gasteiger partial charge on any atom is -0.423 e. The Bertz CT molecular complexity index is 643. The van der Waals surface area contributed by atoms with Crippen LogP contribution < -0.4 is 4.74 Å². The predicted molar refractivity (Wildman–Crippen MR) is 82.0 cm³/mol. The quantitative estimate of drug-likeness (QED) is 0.469. The highest BCUT2D eigenvalue weighted by Gasteiger charge is 2.02. The molecule has 2 aromatic rings. The van der Waals surface area contributed by atoms with E-state index in [1.807, 2.05) is 38.1 Å². The molecule has 2 aromatic carbocycles. The third-order valence-corrected chi connectivity index (χ3v) is 3.23. The molecule has 0 aliphatic carbocycles. The second-order valence-electron chi connectivity index (χ2n) is 4.55. The molecule has 0 amide bonds. The molecular weight excluding hydrogens is 272 g/mol. The summed E-state index contributed by atoms with van der Waals surface area (Å²) in [5.74, 6) is 0.155. The Morgan fingerprint density at radius 3 is 2.40 bits per heavy atom. The summed E-state index contributed by atoms with van der Waals surface area (Å²) >= 11 is 5.79.